The highest BCUT2D eigenvalue weighted by atomic mass is 19.3. The number of rotatable bonds is 8. The number of hydrogen-bond donors (Lipinski definition) is 2. The van der Waals surface area contributed by atoms with Crippen LogP contribution in [-0.2, 0) is 4.79 Å². The molecule has 9 nitrogen and oxygen atoms in total. The number of nitrogens with zero attached hydrogens (tertiary/aromatic N) is 4. The zero-order valence-corrected chi connectivity index (χ0v) is 21.6. The third kappa shape index (κ3) is 5.86. The monoisotopic (exact) mass is 590 g/mol. The minimum Gasteiger partial charge on any atom is -0.340 e. The van der Waals surface area contributed by atoms with Crippen molar-refractivity contribution in [3.8, 4) is 0 Å². The molecule has 0 radical (unpaired) electrons. The zero-order valence-electron chi connectivity index (χ0n) is 21.6. The number of halogens is 7. The second-order valence-electron chi connectivity index (χ2n) is 10.6. The van der Waals surface area contributed by atoms with Crippen LogP contribution in [0, 0.1) is 18.7 Å². The van der Waals surface area contributed by atoms with Gasteiger partial charge < -0.3 is 15.2 Å². The van der Waals surface area contributed by atoms with Gasteiger partial charge in [0, 0.05) is 24.8 Å². The van der Waals surface area contributed by atoms with E-state index in [4.69, 9.17) is 0 Å². The molecule has 2 amide bonds. The summed E-state index contributed by atoms with van der Waals surface area (Å²) >= 11 is 0. The number of carbonyl (C=O) groups is 2. The Morgan fingerprint density at radius 3 is 2.39 bits per heavy atom. The highest BCUT2D eigenvalue weighted by Gasteiger charge is 2.48. The molecule has 41 heavy (non-hydrogen) atoms. The molecule has 0 spiro atoms. The van der Waals surface area contributed by atoms with Gasteiger partial charge in [0.15, 0.2) is 11.5 Å². The van der Waals surface area contributed by atoms with Crippen LogP contribution in [0.5, 0.6) is 0 Å². The summed E-state index contributed by atoms with van der Waals surface area (Å²) in [6.07, 6.45) is -5.01. The Hall–Kier alpha value is -3.72. The summed E-state index contributed by atoms with van der Waals surface area (Å²) in [6, 6.07) is 1.38. The molecular formula is C25H25F7N6O3. The number of likely N-dealkylation sites (tertiary alicyclic amines) is 1. The van der Waals surface area contributed by atoms with Crippen LogP contribution in [0.1, 0.15) is 71.6 Å². The molecule has 222 valence electrons. The second kappa shape index (κ2) is 10.6. The maximum atomic E-state index is 15.8. The summed E-state index contributed by atoms with van der Waals surface area (Å²) in [5.41, 5.74) is -0.687. The summed E-state index contributed by atoms with van der Waals surface area (Å²) in [5, 5.41) is 9.76. The fourth-order valence-corrected chi connectivity index (χ4v) is 5.37. The average molecular weight is 591 g/mol. The number of aryl methyl sites for hydroxylation is 1. The van der Waals surface area contributed by atoms with Gasteiger partial charge in [-0.25, -0.2) is 40.3 Å². The van der Waals surface area contributed by atoms with Crippen molar-refractivity contribution in [2.45, 2.75) is 69.3 Å². The summed E-state index contributed by atoms with van der Waals surface area (Å²) in [7, 11) is 0. The van der Waals surface area contributed by atoms with Crippen molar-refractivity contribution in [3.63, 3.8) is 0 Å². The quantitative estimate of drug-likeness (QED) is 0.361. The third-order valence-electron chi connectivity index (χ3n) is 7.57. The van der Waals surface area contributed by atoms with E-state index in [0.717, 1.165) is 6.07 Å². The molecule has 2 aliphatic rings. The number of alkyl halides is 6. The molecule has 2 atom stereocenters. The molecule has 1 saturated heterocycles. The molecule has 0 unspecified atom stereocenters. The van der Waals surface area contributed by atoms with E-state index in [1.54, 1.807) is 0 Å². The Bertz CT molecular complexity index is 1440. The van der Waals surface area contributed by atoms with Crippen LogP contribution < -0.4 is 5.32 Å². The first-order valence-corrected chi connectivity index (χ1v) is 12.9. The van der Waals surface area contributed by atoms with Crippen LogP contribution in [0.25, 0.3) is 11.0 Å². The van der Waals surface area contributed by atoms with Gasteiger partial charge in [-0.15, -0.1) is 0 Å². The predicted octanol–water partition coefficient (Wildman–Crippen LogP) is 4.91. The highest BCUT2D eigenvalue weighted by Crippen LogP contribution is 2.42. The summed E-state index contributed by atoms with van der Waals surface area (Å²) in [6.45, 7) is -0.438. The second-order valence-corrected chi connectivity index (χ2v) is 10.6. The lowest BCUT2D eigenvalue weighted by atomic mass is 9.81. The number of aromatic nitrogens is 4. The number of carbonyl (C=O) groups excluding carboxylic acids is 2. The number of amides is 2. The van der Waals surface area contributed by atoms with Crippen molar-refractivity contribution in [1.29, 1.82) is 0 Å². The van der Waals surface area contributed by atoms with E-state index in [0.29, 0.717) is 4.90 Å². The molecule has 2 N–H and O–H groups in total. The van der Waals surface area contributed by atoms with Crippen molar-refractivity contribution < 1.29 is 45.0 Å². The first-order chi connectivity index (χ1) is 19.2. The lowest BCUT2D eigenvalue weighted by Gasteiger charge is -2.40. The molecule has 16 heteroatoms. The van der Waals surface area contributed by atoms with E-state index in [1.165, 1.54) is 13.0 Å². The molecule has 3 aromatic rings. The molecule has 1 saturated carbocycles. The fourth-order valence-electron chi connectivity index (χ4n) is 5.37. The van der Waals surface area contributed by atoms with Gasteiger partial charge in [0.25, 0.3) is 11.8 Å². The Balaban J connectivity index is 1.49. The minimum absolute atomic E-state index is 0.00417. The first kappa shape index (κ1) is 28.8. The van der Waals surface area contributed by atoms with Gasteiger partial charge in [0.2, 0.25) is 18.3 Å². The molecule has 3 heterocycles. The predicted molar refractivity (Wildman–Crippen MR) is 127 cm³/mol. The third-order valence-corrected chi connectivity index (χ3v) is 7.57. The maximum Gasteiger partial charge on any atom is 0.282 e. The molecule has 2 aromatic heterocycles. The van der Waals surface area contributed by atoms with Crippen molar-refractivity contribution in [3.05, 3.63) is 40.7 Å². The van der Waals surface area contributed by atoms with Crippen LogP contribution in [-0.4, -0.2) is 68.4 Å². The molecule has 0 bridgehead atoms. The Morgan fingerprint density at radius 1 is 1.12 bits per heavy atom. The largest absolute Gasteiger partial charge is 0.340 e. The van der Waals surface area contributed by atoms with Gasteiger partial charge in [0.05, 0.1) is 30.6 Å². The van der Waals surface area contributed by atoms with Crippen molar-refractivity contribution >= 4 is 22.8 Å². The van der Waals surface area contributed by atoms with Crippen molar-refractivity contribution in [1.82, 2.24) is 30.5 Å². The van der Waals surface area contributed by atoms with E-state index in [1.807, 2.05) is 0 Å². The fraction of sp³-hybridized carbons (Fsp3) is 0.560. The SMILES string of the molecule is Cc1nonc1C(=O)N[C@H](c1nc2c(F)c([C@@H](CC(F)F)C(=O)N3CC(F)(F)C3)ccc2[nH]1)C1CCC(F)(F)CC1. The number of H-pyrrole nitrogens is 1. The minimum atomic E-state index is -3.15. The van der Waals surface area contributed by atoms with E-state index in [9.17, 15) is 35.9 Å². The summed E-state index contributed by atoms with van der Waals surface area (Å²) in [4.78, 5) is 33.5. The Kier molecular flexibility index (Phi) is 7.44. The topological polar surface area (TPSA) is 117 Å². The molecular weight excluding hydrogens is 565 g/mol. The molecule has 2 fully saturated rings. The lowest BCUT2D eigenvalue weighted by molar-refractivity contribution is -0.168. The van der Waals surface area contributed by atoms with E-state index in [2.05, 4.69) is 30.2 Å². The smallest absolute Gasteiger partial charge is 0.282 e. The van der Waals surface area contributed by atoms with Gasteiger partial charge >= 0.3 is 0 Å². The summed E-state index contributed by atoms with van der Waals surface area (Å²) < 4.78 is 102. The van der Waals surface area contributed by atoms with Gasteiger partial charge in [-0.05, 0) is 36.9 Å². The number of aromatic amines is 1. The molecule has 1 aromatic carbocycles. The number of hydrogen-bond acceptors (Lipinski definition) is 6. The Morgan fingerprint density at radius 2 is 1.80 bits per heavy atom. The van der Waals surface area contributed by atoms with E-state index >= 15 is 4.39 Å². The zero-order chi connectivity index (χ0) is 29.7. The Labute approximate surface area is 227 Å². The van der Waals surface area contributed by atoms with E-state index in [-0.39, 0.29) is 41.1 Å². The van der Waals surface area contributed by atoms with Gasteiger partial charge in [0.1, 0.15) is 17.0 Å². The van der Waals surface area contributed by atoms with Crippen molar-refractivity contribution in [2.24, 2.45) is 5.92 Å². The molecule has 1 aliphatic carbocycles. The number of nitrogens with one attached hydrogen (secondary N) is 2. The molecule has 5 rings (SSSR count). The van der Waals surface area contributed by atoms with Crippen LogP contribution in [0.2, 0.25) is 0 Å². The maximum absolute atomic E-state index is 15.8. The number of benzene rings is 1. The van der Waals surface area contributed by atoms with E-state index < -0.39 is 91.7 Å². The number of fused-ring (bicyclic) bond motifs is 1. The van der Waals surface area contributed by atoms with Crippen LogP contribution in [0.15, 0.2) is 16.8 Å². The van der Waals surface area contributed by atoms with Gasteiger partial charge in [-0.2, -0.15) is 0 Å². The van der Waals surface area contributed by atoms with Crippen LogP contribution >= 0.6 is 0 Å². The van der Waals surface area contributed by atoms with Crippen LogP contribution in [0.4, 0.5) is 30.7 Å². The standard InChI is InChI=1S/C25H25F7N6O3/c1-11-18(37-41-36-11)22(39)35-19(12-4-6-24(29,30)7-5-12)21-33-15-3-2-13(17(28)20(15)34-21)14(8-16(26)27)23(40)38-9-25(31,32)10-38/h2-3,12,14,16,19H,4-10H2,1H3,(H,33,34)(H,35,39)/t14-,19+/m1/s1. The van der Waals surface area contributed by atoms with Gasteiger partial charge in [-0.1, -0.05) is 11.2 Å². The normalized spacial score (nSPS) is 20.2. The lowest BCUT2D eigenvalue weighted by Crippen LogP contribution is -2.59. The van der Waals surface area contributed by atoms with Gasteiger partial charge in [-0.3, -0.25) is 9.59 Å². The summed E-state index contributed by atoms with van der Waals surface area (Å²) in [5.74, 6) is -11.2. The average Bonchev–Trinajstić information content (AvgIpc) is 3.51. The highest BCUT2D eigenvalue weighted by molar-refractivity contribution is 5.93. The van der Waals surface area contributed by atoms with Crippen LogP contribution in [0.3, 0.4) is 0 Å². The molecule has 1 aliphatic heterocycles. The number of imidazole rings is 1. The van der Waals surface area contributed by atoms with Crippen molar-refractivity contribution in [2.75, 3.05) is 13.1 Å². The first-order valence-electron chi connectivity index (χ1n) is 12.9.